The van der Waals surface area contributed by atoms with Gasteiger partial charge in [0.2, 0.25) is 0 Å². The van der Waals surface area contributed by atoms with E-state index in [0.29, 0.717) is 0 Å². The quantitative estimate of drug-likeness (QED) is 0.735. The molecule has 0 fully saturated rings. The van der Waals surface area contributed by atoms with Gasteiger partial charge in [0, 0.05) is 17.6 Å². The Morgan fingerprint density at radius 3 is 2.74 bits per heavy atom. The van der Waals surface area contributed by atoms with Crippen molar-refractivity contribution in [3.8, 4) is 0 Å². The molecule has 0 aliphatic rings. The first-order chi connectivity index (χ1) is 9.33. The number of rotatable bonds is 7. The number of unbranched alkanes of at least 4 members (excludes halogenated alkanes) is 4. The van der Waals surface area contributed by atoms with Crippen molar-refractivity contribution in [2.24, 2.45) is 5.73 Å². The van der Waals surface area contributed by atoms with Gasteiger partial charge in [-0.25, -0.2) is 0 Å². The summed E-state index contributed by atoms with van der Waals surface area (Å²) in [4.78, 5) is 4.39. The van der Waals surface area contributed by atoms with Crippen LogP contribution in [0.15, 0.2) is 36.5 Å². The van der Waals surface area contributed by atoms with Crippen LogP contribution in [0.2, 0.25) is 0 Å². The fourth-order valence-electron chi connectivity index (χ4n) is 2.57. The summed E-state index contributed by atoms with van der Waals surface area (Å²) in [5.74, 6) is 0. The lowest BCUT2D eigenvalue weighted by atomic mass is 9.97. The molecule has 1 aromatic heterocycles. The molecule has 0 bridgehead atoms. The molecule has 1 heterocycles. The summed E-state index contributed by atoms with van der Waals surface area (Å²) in [6.45, 7) is 2.24. The first-order valence-corrected chi connectivity index (χ1v) is 7.42. The molecular weight excluding hydrogens is 232 g/mol. The van der Waals surface area contributed by atoms with Crippen molar-refractivity contribution in [3.05, 3.63) is 42.1 Å². The van der Waals surface area contributed by atoms with Crippen molar-refractivity contribution >= 4 is 10.9 Å². The van der Waals surface area contributed by atoms with Crippen molar-refractivity contribution in [2.75, 3.05) is 0 Å². The lowest BCUT2D eigenvalue weighted by Crippen LogP contribution is -2.10. The Morgan fingerprint density at radius 2 is 1.89 bits per heavy atom. The average Bonchev–Trinajstić information content (AvgIpc) is 2.46. The maximum atomic E-state index is 6.35. The summed E-state index contributed by atoms with van der Waals surface area (Å²) in [5, 5.41) is 1.20. The van der Waals surface area contributed by atoms with E-state index in [-0.39, 0.29) is 6.04 Å². The summed E-state index contributed by atoms with van der Waals surface area (Å²) in [6, 6.07) is 10.5. The van der Waals surface area contributed by atoms with Gasteiger partial charge >= 0.3 is 0 Å². The molecule has 2 heteroatoms. The van der Waals surface area contributed by atoms with Gasteiger partial charge in [-0.3, -0.25) is 4.98 Å². The molecule has 1 aromatic carbocycles. The maximum Gasteiger partial charge on any atom is 0.0705 e. The largest absolute Gasteiger partial charge is 0.324 e. The Hall–Kier alpha value is -1.41. The molecule has 2 rings (SSSR count). The van der Waals surface area contributed by atoms with Crippen LogP contribution in [0.3, 0.4) is 0 Å². The second kappa shape index (κ2) is 7.25. The van der Waals surface area contributed by atoms with Crippen LogP contribution in [0.4, 0.5) is 0 Å². The number of fused-ring (bicyclic) bond motifs is 1. The standard InChI is InChI=1S/C17H24N2/c1-2-3-4-5-6-11-16(18)14-9-7-12-17-15(14)10-8-13-19-17/h7-10,12-13,16H,2-6,11,18H2,1H3. The number of hydrogen-bond donors (Lipinski definition) is 1. The van der Waals surface area contributed by atoms with E-state index in [9.17, 15) is 0 Å². The zero-order valence-electron chi connectivity index (χ0n) is 11.8. The van der Waals surface area contributed by atoms with Gasteiger partial charge in [0.25, 0.3) is 0 Å². The minimum Gasteiger partial charge on any atom is -0.324 e. The van der Waals surface area contributed by atoms with Gasteiger partial charge in [0.15, 0.2) is 0 Å². The molecule has 0 amide bonds. The Kier molecular flexibility index (Phi) is 5.34. The van der Waals surface area contributed by atoms with Gasteiger partial charge < -0.3 is 5.73 Å². The van der Waals surface area contributed by atoms with Crippen LogP contribution < -0.4 is 5.73 Å². The van der Waals surface area contributed by atoms with Gasteiger partial charge in [-0.05, 0) is 24.1 Å². The fraction of sp³-hybridized carbons (Fsp3) is 0.471. The van der Waals surface area contributed by atoms with Crippen LogP contribution in [-0.2, 0) is 0 Å². The second-order valence-corrected chi connectivity index (χ2v) is 5.23. The lowest BCUT2D eigenvalue weighted by Gasteiger charge is -2.14. The van der Waals surface area contributed by atoms with Gasteiger partial charge in [-0.2, -0.15) is 0 Å². The number of benzene rings is 1. The van der Waals surface area contributed by atoms with Crippen molar-refractivity contribution in [1.82, 2.24) is 4.98 Å². The third-order valence-corrected chi connectivity index (χ3v) is 3.70. The minimum atomic E-state index is 0.134. The smallest absolute Gasteiger partial charge is 0.0705 e. The van der Waals surface area contributed by atoms with E-state index in [4.69, 9.17) is 5.73 Å². The first-order valence-electron chi connectivity index (χ1n) is 7.42. The van der Waals surface area contributed by atoms with Gasteiger partial charge in [-0.1, -0.05) is 57.2 Å². The Balaban J connectivity index is 1.99. The molecule has 0 radical (unpaired) electrons. The van der Waals surface area contributed by atoms with Crippen LogP contribution in [0.5, 0.6) is 0 Å². The summed E-state index contributed by atoms with van der Waals surface area (Å²) in [6.07, 6.45) is 9.39. The molecule has 0 spiro atoms. The zero-order chi connectivity index (χ0) is 13.5. The predicted octanol–water partition coefficient (Wildman–Crippen LogP) is 4.60. The topological polar surface area (TPSA) is 38.9 Å². The molecule has 0 aliphatic carbocycles. The van der Waals surface area contributed by atoms with E-state index in [0.717, 1.165) is 11.9 Å². The van der Waals surface area contributed by atoms with Crippen LogP contribution in [0, 0.1) is 0 Å². The molecular formula is C17H24N2. The number of nitrogens with two attached hydrogens (primary N) is 1. The highest BCUT2D eigenvalue weighted by atomic mass is 14.7. The molecule has 0 saturated carbocycles. The Labute approximate surface area is 116 Å². The number of hydrogen-bond acceptors (Lipinski definition) is 2. The Morgan fingerprint density at radius 1 is 1.05 bits per heavy atom. The molecule has 0 saturated heterocycles. The van der Waals surface area contributed by atoms with Crippen molar-refractivity contribution in [3.63, 3.8) is 0 Å². The van der Waals surface area contributed by atoms with E-state index in [1.54, 1.807) is 0 Å². The highest BCUT2D eigenvalue weighted by molar-refractivity contribution is 5.82. The number of nitrogens with zero attached hydrogens (tertiary/aromatic N) is 1. The summed E-state index contributed by atoms with van der Waals surface area (Å²) in [5.41, 5.74) is 8.63. The summed E-state index contributed by atoms with van der Waals surface area (Å²) in [7, 11) is 0. The van der Waals surface area contributed by atoms with E-state index in [1.165, 1.54) is 43.1 Å². The second-order valence-electron chi connectivity index (χ2n) is 5.23. The summed E-state index contributed by atoms with van der Waals surface area (Å²) >= 11 is 0. The third-order valence-electron chi connectivity index (χ3n) is 3.70. The van der Waals surface area contributed by atoms with Crippen LogP contribution in [0.1, 0.15) is 57.1 Å². The SMILES string of the molecule is CCCCCCCC(N)c1cccc2ncccc12. The van der Waals surface area contributed by atoms with Gasteiger partial charge in [-0.15, -0.1) is 0 Å². The van der Waals surface area contributed by atoms with Crippen molar-refractivity contribution in [1.29, 1.82) is 0 Å². The highest BCUT2D eigenvalue weighted by Gasteiger charge is 2.09. The molecule has 2 N–H and O–H groups in total. The van der Waals surface area contributed by atoms with E-state index in [1.807, 2.05) is 18.3 Å². The normalized spacial score (nSPS) is 12.7. The van der Waals surface area contributed by atoms with E-state index in [2.05, 4.69) is 30.1 Å². The maximum absolute atomic E-state index is 6.35. The van der Waals surface area contributed by atoms with Crippen LogP contribution >= 0.6 is 0 Å². The molecule has 2 aromatic rings. The van der Waals surface area contributed by atoms with E-state index >= 15 is 0 Å². The van der Waals surface area contributed by atoms with Gasteiger partial charge in [0.1, 0.15) is 0 Å². The molecule has 1 unspecified atom stereocenters. The number of aromatic nitrogens is 1. The monoisotopic (exact) mass is 256 g/mol. The molecule has 19 heavy (non-hydrogen) atoms. The van der Waals surface area contributed by atoms with Crippen molar-refractivity contribution < 1.29 is 0 Å². The van der Waals surface area contributed by atoms with Crippen LogP contribution in [0.25, 0.3) is 10.9 Å². The zero-order valence-corrected chi connectivity index (χ0v) is 11.8. The highest BCUT2D eigenvalue weighted by Crippen LogP contribution is 2.25. The lowest BCUT2D eigenvalue weighted by molar-refractivity contribution is 0.557. The summed E-state index contributed by atoms with van der Waals surface area (Å²) < 4.78 is 0. The van der Waals surface area contributed by atoms with Crippen LogP contribution in [-0.4, -0.2) is 4.98 Å². The first kappa shape index (κ1) is 14.0. The predicted molar refractivity (Wildman–Crippen MR) is 82.0 cm³/mol. The average molecular weight is 256 g/mol. The third kappa shape index (κ3) is 3.77. The number of pyridine rings is 1. The van der Waals surface area contributed by atoms with Crippen molar-refractivity contribution in [2.45, 2.75) is 51.5 Å². The van der Waals surface area contributed by atoms with Gasteiger partial charge in [0.05, 0.1) is 5.52 Å². The fourth-order valence-corrected chi connectivity index (χ4v) is 2.57. The molecule has 2 nitrogen and oxygen atoms in total. The molecule has 102 valence electrons. The molecule has 1 atom stereocenters. The minimum absolute atomic E-state index is 0.134. The van der Waals surface area contributed by atoms with E-state index < -0.39 is 0 Å². The molecule has 0 aliphatic heterocycles. The Bertz CT molecular complexity index is 502.